The molecule has 0 spiro atoms. The van der Waals surface area contributed by atoms with E-state index >= 15 is 0 Å². The Kier molecular flexibility index (Phi) is 7.26. The third kappa shape index (κ3) is 5.42. The molecule has 2 aliphatic carbocycles. The van der Waals surface area contributed by atoms with E-state index in [0.29, 0.717) is 5.78 Å². The van der Waals surface area contributed by atoms with Gasteiger partial charge in [-0.1, -0.05) is 52.4 Å². The first-order chi connectivity index (χ1) is 10.2. The van der Waals surface area contributed by atoms with Gasteiger partial charge in [0.25, 0.3) is 0 Å². The maximum absolute atomic E-state index is 11.5. The maximum Gasteiger partial charge on any atom is 0.132 e. The molecule has 0 amide bonds. The van der Waals surface area contributed by atoms with Crippen LogP contribution in [0.3, 0.4) is 0 Å². The largest absolute Gasteiger partial charge is 0.300 e. The third-order valence-electron chi connectivity index (χ3n) is 6.37. The first-order valence-electron chi connectivity index (χ1n) is 9.74. The predicted octanol–water partition coefficient (Wildman–Crippen LogP) is 6.16. The van der Waals surface area contributed by atoms with Crippen molar-refractivity contribution in [1.29, 1.82) is 0 Å². The average molecular weight is 293 g/mol. The van der Waals surface area contributed by atoms with Crippen LogP contribution in [-0.4, -0.2) is 5.78 Å². The van der Waals surface area contributed by atoms with Crippen LogP contribution in [0.1, 0.15) is 97.3 Å². The van der Waals surface area contributed by atoms with Gasteiger partial charge in [-0.05, 0) is 55.8 Å². The minimum atomic E-state index is 0.464. The van der Waals surface area contributed by atoms with Gasteiger partial charge in [0.1, 0.15) is 5.78 Å². The van der Waals surface area contributed by atoms with E-state index in [1.165, 1.54) is 70.6 Å². The van der Waals surface area contributed by atoms with Crippen LogP contribution >= 0.6 is 0 Å². The fraction of sp³-hybridized carbons (Fsp3) is 0.950. The van der Waals surface area contributed by atoms with Crippen LogP contribution in [0.15, 0.2) is 0 Å². The van der Waals surface area contributed by atoms with Gasteiger partial charge in [0, 0.05) is 12.8 Å². The normalized spacial score (nSPS) is 33.8. The van der Waals surface area contributed by atoms with Crippen LogP contribution in [-0.2, 0) is 4.79 Å². The second kappa shape index (κ2) is 8.96. The fourth-order valence-corrected chi connectivity index (χ4v) is 4.85. The Morgan fingerprint density at radius 3 is 1.67 bits per heavy atom. The molecule has 1 nitrogen and oxygen atoms in total. The van der Waals surface area contributed by atoms with E-state index in [1.54, 1.807) is 0 Å². The van der Waals surface area contributed by atoms with E-state index in [2.05, 4.69) is 6.92 Å². The molecule has 0 heterocycles. The molecule has 0 aromatic carbocycles. The minimum Gasteiger partial charge on any atom is -0.300 e. The summed E-state index contributed by atoms with van der Waals surface area (Å²) in [7, 11) is 0. The highest BCUT2D eigenvalue weighted by Crippen LogP contribution is 2.42. The second-order valence-electron chi connectivity index (χ2n) is 7.78. The van der Waals surface area contributed by atoms with Crippen molar-refractivity contribution in [3.8, 4) is 0 Å². The molecule has 21 heavy (non-hydrogen) atoms. The van der Waals surface area contributed by atoms with E-state index in [1.807, 2.05) is 6.92 Å². The zero-order chi connectivity index (χ0) is 15.1. The lowest BCUT2D eigenvalue weighted by atomic mass is 9.68. The summed E-state index contributed by atoms with van der Waals surface area (Å²) in [5.74, 6) is 4.42. The van der Waals surface area contributed by atoms with Gasteiger partial charge in [0.2, 0.25) is 0 Å². The van der Waals surface area contributed by atoms with Crippen LogP contribution in [0, 0.1) is 23.7 Å². The average Bonchev–Trinajstić information content (AvgIpc) is 2.54. The van der Waals surface area contributed by atoms with E-state index in [4.69, 9.17) is 0 Å². The van der Waals surface area contributed by atoms with Crippen molar-refractivity contribution < 1.29 is 4.79 Å². The maximum atomic E-state index is 11.5. The summed E-state index contributed by atoms with van der Waals surface area (Å²) >= 11 is 0. The summed E-state index contributed by atoms with van der Waals surface area (Å²) in [6.45, 7) is 4.32. The molecule has 2 saturated carbocycles. The number of carbonyl (C=O) groups excluding carboxylic acids is 1. The SMILES string of the molecule is CCC[C@H]1CC[C@H]([C@H]2CC[C@H](CCC(=O)CC)CC2)CC1. The quantitative estimate of drug-likeness (QED) is 0.549. The lowest BCUT2D eigenvalue weighted by Gasteiger charge is -2.38. The smallest absolute Gasteiger partial charge is 0.132 e. The van der Waals surface area contributed by atoms with Gasteiger partial charge in [0.15, 0.2) is 0 Å². The van der Waals surface area contributed by atoms with Gasteiger partial charge < -0.3 is 0 Å². The molecule has 1 heteroatoms. The molecule has 0 N–H and O–H groups in total. The highest BCUT2D eigenvalue weighted by molar-refractivity contribution is 5.77. The standard InChI is InChI=1S/C20H36O/c1-3-5-16-6-11-18(12-7-16)19-13-8-17(9-14-19)10-15-20(21)4-2/h16-19H,3-15H2,1-2H3/t16-,17-,18-,19-. The second-order valence-corrected chi connectivity index (χ2v) is 7.78. The molecule has 122 valence electrons. The molecule has 0 bridgehead atoms. The van der Waals surface area contributed by atoms with Gasteiger partial charge in [-0.15, -0.1) is 0 Å². The molecule has 0 atom stereocenters. The highest BCUT2D eigenvalue weighted by atomic mass is 16.1. The molecule has 2 rings (SSSR count). The number of carbonyl (C=O) groups is 1. The summed E-state index contributed by atoms with van der Waals surface area (Å²) in [6.07, 6.45) is 17.3. The zero-order valence-electron chi connectivity index (χ0n) is 14.4. The Morgan fingerprint density at radius 1 is 0.762 bits per heavy atom. The fourth-order valence-electron chi connectivity index (χ4n) is 4.85. The van der Waals surface area contributed by atoms with Crippen LogP contribution < -0.4 is 0 Å². The molecule has 2 aliphatic rings. The third-order valence-corrected chi connectivity index (χ3v) is 6.37. The Bertz CT molecular complexity index is 293. The topological polar surface area (TPSA) is 17.1 Å². The number of rotatable bonds is 7. The van der Waals surface area contributed by atoms with Crippen LogP contribution in [0.4, 0.5) is 0 Å². The number of Topliss-reactive ketones (excluding diaryl/α,β-unsaturated/α-hetero) is 1. The monoisotopic (exact) mass is 292 g/mol. The summed E-state index contributed by atoms with van der Waals surface area (Å²) in [4.78, 5) is 11.5. The Hall–Kier alpha value is -0.330. The van der Waals surface area contributed by atoms with E-state index in [0.717, 1.165) is 36.5 Å². The van der Waals surface area contributed by atoms with Gasteiger partial charge in [-0.2, -0.15) is 0 Å². The van der Waals surface area contributed by atoms with Gasteiger partial charge in [0.05, 0.1) is 0 Å². The van der Waals surface area contributed by atoms with Crippen molar-refractivity contribution in [3.63, 3.8) is 0 Å². The molecule has 2 fully saturated rings. The van der Waals surface area contributed by atoms with Crippen molar-refractivity contribution in [2.75, 3.05) is 0 Å². The Labute approximate surface area is 132 Å². The summed E-state index contributed by atoms with van der Waals surface area (Å²) in [6, 6.07) is 0. The lowest BCUT2D eigenvalue weighted by molar-refractivity contribution is -0.119. The molecule has 0 aromatic rings. The molecule has 0 aromatic heterocycles. The molecule has 0 aliphatic heterocycles. The van der Waals surface area contributed by atoms with Crippen molar-refractivity contribution in [1.82, 2.24) is 0 Å². The zero-order valence-corrected chi connectivity index (χ0v) is 14.4. The molecule has 0 unspecified atom stereocenters. The van der Waals surface area contributed by atoms with Gasteiger partial charge in [-0.25, -0.2) is 0 Å². The number of hydrogen-bond acceptors (Lipinski definition) is 1. The predicted molar refractivity (Wildman–Crippen MR) is 90.3 cm³/mol. The first-order valence-corrected chi connectivity index (χ1v) is 9.74. The molecular weight excluding hydrogens is 256 g/mol. The Morgan fingerprint density at radius 2 is 1.24 bits per heavy atom. The van der Waals surface area contributed by atoms with Crippen molar-refractivity contribution >= 4 is 5.78 Å². The molecule has 0 radical (unpaired) electrons. The summed E-state index contributed by atoms with van der Waals surface area (Å²) in [5, 5.41) is 0. The number of hydrogen-bond donors (Lipinski definition) is 0. The van der Waals surface area contributed by atoms with Crippen LogP contribution in [0.5, 0.6) is 0 Å². The van der Waals surface area contributed by atoms with E-state index in [-0.39, 0.29) is 0 Å². The molecular formula is C20H36O. The highest BCUT2D eigenvalue weighted by Gasteiger charge is 2.30. The van der Waals surface area contributed by atoms with Gasteiger partial charge >= 0.3 is 0 Å². The lowest BCUT2D eigenvalue weighted by Crippen LogP contribution is -2.26. The van der Waals surface area contributed by atoms with Crippen molar-refractivity contribution in [2.45, 2.75) is 97.3 Å². The van der Waals surface area contributed by atoms with Crippen molar-refractivity contribution in [2.24, 2.45) is 23.7 Å². The summed E-state index contributed by atoms with van der Waals surface area (Å²) in [5.41, 5.74) is 0. The van der Waals surface area contributed by atoms with E-state index in [9.17, 15) is 4.79 Å². The molecule has 0 saturated heterocycles. The Balaban J connectivity index is 1.64. The summed E-state index contributed by atoms with van der Waals surface area (Å²) < 4.78 is 0. The van der Waals surface area contributed by atoms with E-state index < -0.39 is 0 Å². The minimum absolute atomic E-state index is 0.464. The number of ketones is 1. The van der Waals surface area contributed by atoms with Crippen LogP contribution in [0.25, 0.3) is 0 Å². The first kappa shape index (κ1) is 17.0. The van der Waals surface area contributed by atoms with Gasteiger partial charge in [-0.3, -0.25) is 4.79 Å². The van der Waals surface area contributed by atoms with Crippen LogP contribution in [0.2, 0.25) is 0 Å². The van der Waals surface area contributed by atoms with Crippen molar-refractivity contribution in [3.05, 3.63) is 0 Å².